The number of para-hydroxylation sites is 1. The Bertz CT molecular complexity index is 1170. The maximum absolute atomic E-state index is 13.0. The van der Waals surface area contributed by atoms with Gasteiger partial charge in [-0.3, -0.25) is 24.3 Å². The zero-order valence-corrected chi connectivity index (χ0v) is 20.1. The van der Waals surface area contributed by atoms with Crippen LogP contribution in [0.2, 0.25) is 0 Å². The molecule has 0 aliphatic rings. The van der Waals surface area contributed by atoms with Gasteiger partial charge in [0.25, 0.3) is 0 Å². The summed E-state index contributed by atoms with van der Waals surface area (Å²) in [5.41, 5.74) is 8.40. The molecule has 5 N–H and O–H groups in total. The number of benzene rings is 2. The maximum Gasteiger partial charge on any atom is 0.321 e. The third-order valence-corrected chi connectivity index (χ3v) is 6.06. The average Bonchev–Trinajstić information content (AvgIpc) is 3.18. The summed E-state index contributed by atoms with van der Waals surface area (Å²) >= 11 is 0. The van der Waals surface area contributed by atoms with Crippen molar-refractivity contribution in [3.63, 3.8) is 0 Å². The number of hydrogen-bond donors (Lipinski definition) is 4. The lowest BCUT2D eigenvalue weighted by Gasteiger charge is -2.20. The molecule has 0 saturated carbocycles. The van der Waals surface area contributed by atoms with E-state index in [0.717, 1.165) is 10.9 Å². The molecule has 0 amide bonds. The van der Waals surface area contributed by atoms with Crippen LogP contribution < -0.4 is 11.1 Å². The standard InChI is InChI=1S/C27H33N3O5/c1-17(2)14-21(28)25(31)30-16-19(20-10-6-7-11-24(20)30)15-23(27(34)35)29-22(26(32)33)13-12-18-8-4-3-5-9-18/h3-11,16-17,21-23,29H,12-15,28H2,1-2H3,(H,32,33)(H,34,35)/t21-,22?,23-/m0/s1. The number of carboxylic acid groups (broad SMARTS) is 2. The van der Waals surface area contributed by atoms with Gasteiger partial charge in [0.05, 0.1) is 11.6 Å². The van der Waals surface area contributed by atoms with Crippen molar-refractivity contribution < 1.29 is 24.6 Å². The van der Waals surface area contributed by atoms with Crippen LogP contribution in [0.4, 0.5) is 0 Å². The normalized spacial score (nSPS) is 14.1. The predicted octanol–water partition coefficient (Wildman–Crippen LogP) is 3.33. The number of aromatic nitrogens is 1. The number of carbonyl (C=O) groups excluding carboxylic acids is 1. The smallest absolute Gasteiger partial charge is 0.321 e. The molecule has 0 aliphatic heterocycles. The van der Waals surface area contributed by atoms with Gasteiger partial charge >= 0.3 is 11.9 Å². The van der Waals surface area contributed by atoms with E-state index in [1.54, 1.807) is 18.3 Å². The topological polar surface area (TPSA) is 135 Å². The average molecular weight is 480 g/mol. The molecule has 1 heterocycles. The number of fused-ring (bicyclic) bond motifs is 1. The number of nitrogens with one attached hydrogen (secondary N) is 1. The summed E-state index contributed by atoms with van der Waals surface area (Å²) in [4.78, 5) is 37.0. The number of carboxylic acids is 2. The van der Waals surface area contributed by atoms with Gasteiger partial charge in [-0.15, -0.1) is 0 Å². The molecule has 3 aromatic rings. The van der Waals surface area contributed by atoms with Crippen LogP contribution in [0, 0.1) is 5.92 Å². The summed E-state index contributed by atoms with van der Waals surface area (Å²) in [6.07, 6.45) is 2.92. The molecule has 0 spiro atoms. The highest BCUT2D eigenvalue weighted by Crippen LogP contribution is 2.24. The van der Waals surface area contributed by atoms with Crippen molar-refractivity contribution in [2.24, 2.45) is 11.7 Å². The summed E-state index contributed by atoms with van der Waals surface area (Å²) in [7, 11) is 0. The first kappa shape index (κ1) is 26.1. The first-order valence-electron chi connectivity index (χ1n) is 11.8. The zero-order chi connectivity index (χ0) is 25.5. The molecule has 1 unspecified atom stereocenters. The first-order valence-corrected chi connectivity index (χ1v) is 11.8. The second-order valence-corrected chi connectivity index (χ2v) is 9.29. The zero-order valence-electron chi connectivity index (χ0n) is 20.1. The minimum Gasteiger partial charge on any atom is -0.480 e. The van der Waals surface area contributed by atoms with Gasteiger partial charge < -0.3 is 15.9 Å². The molecular weight excluding hydrogens is 446 g/mol. The Morgan fingerprint density at radius 2 is 1.57 bits per heavy atom. The van der Waals surface area contributed by atoms with Crippen LogP contribution in [0.15, 0.2) is 60.8 Å². The highest BCUT2D eigenvalue weighted by molar-refractivity contribution is 5.96. The van der Waals surface area contributed by atoms with E-state index in [2.05, 4.69) is 5.32 Å². The Hall–Kier alpha value is -3.49. The number of hydrogen-bond acceptors (Lipinski definition) is 5. The van der Waals surface area contributed by atoms with E-state index >= 15 is 0 Å². The SMILES string of the molecule is CC(C)C[C@H](N)C(=O)n1cc(C[C@H](NC(CCc2ccccc2)C(=O)O)C(=O)O)c2ccccc21. The summed E-state index contributed by atoms with van der Waals surface area (Å²) in [6, 6.07) is 13.8. The van der Waals surface area contributed by atoms with Crippen molar-refractivity contribution in [2.75, 3.05) is 0 Å². The molecular formula is C27H33N3O5. The lowest BCUT2D eigenvalue weighted by Crippen LogP contribution is -2.48. The molecule has 0 saturated heterocycles. The first-order chi connectivity index (χ1) is 16.7. The van der Waals surface area contributed by atoms with Crippen LogP contribution in [0.25, 0.3) is 10.9 Å². The van der Waals surface area contributed by atoms with Crippen LogP contribution >= 0.6 is 0 Å². The molecule has 0 aliphatic carbocycles. The quantitative estimate of drug-likeness (QED) is 0.313. The maximum atomic E-state index is 13.0. The molecule has 2 aromatic carbocycles. The van der Waals surface area contributed by atoms with Crippen LogP contribution in [-0.4, -0.2) is 50.8 Å². The Morgan fingerprint density at radius 3 is 2.20 bits per heavy atom. The van der Waals surface area contributed by atoms with E-state index < -0.39 is 30.1 Å². The van der Waals surface area contributed by atoms with Crippen molar-refractivity contribution in [3.8, 4) is 0 Å². The van der Waals surface area contributed by atoms with Gasteiger partial charge in [-0.2, -0.15) is 0 Å². The Kier molecular flexibility index (Phi) is 8.78. The third-order valence-electron chi connectivity index (χ3n) is 6.06. The van der Waals surface area contributed by atoms with Crippen LogP contribution in [0.3, 0.4) is 0 Å². The third kappa shape index (κ3) is 6.77. The van der Waals surface area contributed by atoms with Gasteiger partial charge in [-0.25, -0.2) is 0 Å². The van der Waals surface area contributed by atoms with Crippen molar-refractivity contribution in [2.45, 2.75) is 57.7 Å². The van der Waals surface area contributed by atoms with Crippen LogP contribution in [0.1, 0.15) is 42.6 Å². The van der Waals surface area contributed by atoms with Crippen molar-refractivity contribution in [1.29, 1.82) is 0 Å². The summed E-state index contributed by atoms with van der Waals surface area (Å²) in [5.74, 6) is -2.27. The summed E-state index contributed by atoms with van der Waals surface area (Å²) in [5, 5.41) is 23.1. The number of carbonyl (C=O) groups is 3. The van der Waals surface area contributed by atoms with E-state index in [0.29, 0.717) is 23.9 Å². The Balaban J connectivity index is 1.83. The molecule has 8 nitrogen and oxygen atoms in total. The largest absolute Gasteiger partial charge is 0.480 e. The van der Waals surface area contributed by atoms with Crippen molar-refractivity contribution >= 4 is 28.7 Å². The molecule has 0 fully saturated rings. The molecule has 186 valence electrons. The van der Waals surface area contributed by atoms with Gasteiger partial charge in [0, 0.05) is 18.0 Å². The van der Waals surface area contributed by atoms with E-state index in [-0.39, 0.29) is 24.7 Å². The Labute approximate surface area is 204 Å². The highest BCUT2D eigenvalue weighted by atomic mass is 16.4. The number of aliphatic carboxylic acids is 2. The summed E-state index contributed by atoms with van der Waals surface area (Å²) < 4.78 is 1.49. The monoisotopic (exact) mass is 479 g/mol. The molecule has 3 atom stereocenters. The number of rotatable bonds is 12. The second kappa shape index (κ2) is 11.8. The van der Waals surface area contributed by atoms with E-state index in [1.165, 1.54) is 4.57 Å². The predicted molar refractivity (Wildman–Crippen MR) is 134 cm³/mol. The van der Waals surface area contributed by atoms with Crippen LogP contribution in [0.5, 0.6) is 0 Å². The molecule has 0 radical (unpaired) electrons. The fourth-order valence-corrected chi connectivity index (χ4v) is 4.30. The fraction of sp³-hybridized carbons (Fsp3) is 0.370. The molecule has 1 aromatic heterocycles. The van der Waals surface area contributed by atoms with E-state index in [1.807, 2.05) is 56.3 Å². The molecule has 0 bridgehead atoms. The summed E-state index contributed by atoms with van der Waals surface area (Å²) in [6.45, 7) is 3.98. The minimum atomic E-state index is -1.16. The van der Waals surface area contributed by atoms with Crippen molar-refractivity contribution in [1.82, 2.24) is 9.88 Å². The Morgan fingerprint density at radius 1 is 0.943 bits per heavy atom. The number of nitrogens with zero attached hydrogens (tertiary/aromatic N) is 1. The second-order valence-electron chi connectivity index (χ2n) is 9.29. The van der Waals surface area contributed by atoms with Gasteiger partial charge in [0.1, 0.15) is 12.1 Å². The van der Waals surface area contributed by atoms with Gasteiger partial charge in [0.15, 0.2) is 0 Å². The van der Waals surface area contributed by atoms with Gasteiger partial charge in [-0.1, -0.05) is 62.4 Å². The lowest BCUT2D eigenvalue weighted by molar-refractivity contribution is -0.142. The van der Waals surface area contributed by atoms with Gasteiger partial charge in [0.2, 0.25) is 5.91 Å². The van der Waals surface area contributed by atoms with Gasteiger partial charge in [-0.05, 0) is 42.4 Å². The number of aryl methyl sites for hydroxylation is 1. The number of nitrogens with two attached hydrogens (primary N) is 1. The van der Waals surface area contributed by atoms with Crippen molar-refractivity contribution in [3.05, 3.63) is 71.9 Å². The highest BCUT2D eigenvalue weighted by Gasteiger charge is 2.28. The molecule has 8 heteroatoms. The lowest BCUT2D eigenvalue weighted by atomic mass is 10.0. The van der Waals surface area contributed by atoms with Crippen LogP contribution in [-0.2, 0) is 22.4 Å². The molecule has 3 rings (SSSR count). The van der Waals surface area contributed by atoms with E-state index in [4.69, 9.17) is 5.73 Å². The fourth-order valence-electron chi connectivity index (χ4n) is 4.30. The minimum absolute atomic E-state index is 0.0185. The molecule has 35 heavy (non-hydrogen) atoms. The van der Waals surface area contributed by atoms with E-state index in [9.17, 15) is 24.6 Å².